The predicted octanol–water partition coefficient (Wildman–Crippen LogP) is 3.77. The van der Waals surface area contributed by atoms with Crippen LogP contribution in [0.25, 0.3) is 0 Å². The van der Waals surface area contributed by atoms with Crippen LogP contribution in [0.2, 0.25) is 5.02 Å². The van der Waals surface area contributed by atoms with E-state index in [9.17, 15) is 0 Å². The maximum atomic E-state index is 6.35. The largest absolute Gasteiger partial charge is 0.494 e. The molecule has 0 unspecified atom stereocenters. The van der Waals surface area contributed by atoms with Crippen LogP contribution in [0, 0.1) is 0 Å². The van der Waals surface area contributed by atoms with Gasteiger partial charge in [0.05, 0.1) is 6.61 Å². The smallest absolute Gasteiger partial charge is 0.119 e. The highest BCUT2D eigenvalue weighted by Crippen LogP contribution is 2.28. The van der Waals surface area contributed by atoms with Crippen molar-refractivity contribution in [2.75, 3.05) is 6.61 Å². The summed E-state index contributed by atoms with van der Waals surface area (Å²) in [5.74, 6) is 0.869. The molecule has 1 aliphatic rings. The molecule has 1 aliphatic carbocycles. The highest BCUT2D eigenvalue weighted by atomic mass is 35.5. The van der Waals surface area contributed by atoms with E-state index in [0.717, 1.165) is 30.0 Å². The Balaban J connectivity index is 1.77. The molecule has 0 atom stereocenters. The molecule has 0 heterocycles. The molecular formula is C14H20ClNO. The van der Waals surface area contributed by atoms with Crippen LogP contribution in [0.15, 0.2) is 24.3 Å². The van der Waals surface area contributed by atoms with Gasteiger partial charge in [-0.25, -0.2) is 0 Å². The maximum absolute atomic E-state index is 6.35. The van der Waals surface area contributed by atoms with Gasteiger partial charge in [-0.2, -0.15) is 0 Å². The molecule has 94 valence electrons. The van der Waals surface area contributed by atoms with E-state index in [1.54, 1.807) is 0 Å². The summed E-state index contributed by atoms with van der Waals surface area (Å²) >= 11 is 5.81. The van der Waals surface area contributed by atoms with Crippen LogP contribution in [-0.4, -0.2) is 12.1 Å². The Kier molecular flexibility index (Phi) is 4.30. The van der Waals surface area contributed by atoms with Crippen LogP contribution in [0.1, 0.15) is 38.5 Å². The minimum Gasteiger partial charge on any atom is -0.494 e. The average molecular weight is 254 g/mol. The average Bonchev–Trinajstić information content (AvgIpc) is 2.32. The van der Waals surface area contributed by atoms with Gasteiger partial charge in [-0.1, -0.05) is 30.9 Å². The maximum Gasteiger partial charge on any atom is 0.119 e. The van der Waals surface area contributed by atoms with Gasteiger partial charge in [-0.05, 0) is 43.5 Å². The Labute approximate surface area is 108 Å². The fraction of sp³-hybridized carbons (Fsp3) is 0.571. The van der Waals surface area contributed by atoms with E-state index in [0.29, 0.717) is 6.61 Å². The minimum atomic E-state index is 0.00464. The van der Waals surface area contributed by atoms with Gasteiger partial charge < -0.3 is 10.5 Å². The third-order valence-corrected chi connectivity index (χ3v) is 3.78. The van der Waals surface area contributed by atoms with E-state index >= 15 is 0 Å². The summed E-state index contributed by atoms with van der Waals surface area (Å²) < 4.78 is 5.69. The van der Waals surface area contributed by atoms with E-state index < -0.39 is 0 Å². The lowest BCUT2D eigenvalue weighted by atomic mass is 9.80. The summed E-state index contributed by atoms with van der Waals surface area (Å²) in [6, 6.07) is 7.48. The normalized spacial score (nSPS) is 18.9. The van der Waals surface area contributed by atoms with Gasteiger partial charge >= 0.3 is 0 Å². The summed E-state index contributed by atoms with van der Waals surface area (Å²) in [7, 11) is 0. The van der Waals surface area contributed by atoms with Crippen LogP contribution in [-0.2, 0) is 0 Å². The van der Waals surface area contributed by atoms with Crippen molar-refractivity contribution >= 4 is 11.6 Å². The van der Waals surface area contributed by atoms with Crippen molar-refractivity contribution < 1.29 is 4.74 Å². The molecule has 1 aromatic rings. The third kappa shape index (κ3) is 3.90. The lowest BCUT2D eigenvalue weighted by Crippen LogP contribution is -2.42. The van der Waals surface area contributed by atoms with Crippen LogP contribution in [0.3, 0.4) is 0 Å². The van der Waals surface area contributed by atoms with Crippen molar-refractivity contribution in [2.45, 2.75) is 44.1 Å². The molecule has 3 heteroatoms. The lowest BCUT2D eigenvalue weighted by Gasteiger charge is -2.33. The van der Waals surface area contributed by atoms with Crippen molar-refractivity contribution in [2.24, 2.45) is 5.73 Å². The topological polar surface area (TPSA) is 35.2 Å². The highest BCUT2D eigenvalue weighted by molar-refractivity contribution is 6.30. The van der Waals surface area contributed by atoms with Crippen molar-refractivity contribution in [1.82, 2.24) is 0 Å². The Bertz CT molecular complexity index is 344. The standard InChI is InChI=1S/C14H20ClNO/c15-12-4-6-13(7-5-12)17-11-10-14(16)8-2-1-3-9-14/h4-7H,1-3,8-11,16H2. The first-order valence-electron chi connectivity index (χ1n) is 6.35. The van der Waals surface area contributed by atoms with E-state index in [-0.39, 0.29) is 5.54 Å². The monoisotopic (exact) mass is 253 g/mol. The molecule has 0 radical (unpaired) electrons. The van der Waals surface area contributed by atoms with Gasteiger partial charge in [0.15, 0.2) is 0 Å². The highest BCUT2D eigenvalue weighted by Gasteiger charge is 2.26. The number of benzene rings is 1. The van der Waals surface area contributed by atoms with Gasteiger partial charge in [0, 0.05) is 10.6 Å². The first kappa shape index (κ1) is 12.7. The quantitative estimate of drug-likeness (QED) is 0.887. The van der Waals surface area contributed by atoms with Crippen LogP contribution in [0.4, 0.5) is 0 Å². The zero-order valence-corrected chi connectivity index (χ0v) is 10.9. The zero-order chi connectivity index (χ0) is 12.1. The summed E-state index contributed by atoms with van der Waals surface area (Å²) in [6.45, 7) is 0.693. The Morgan fingerprint density at radius 1 is 1.12 bits per heavy atom. The van der Waals surface area contributed by atoms with Crippen molar-refractivity contribution in [3.05, 3.63) is 29.3 Å². The van der Waals surface area contributed by atoms with E-state index in [1.165, 1.54) is 19.3 Å². The van der Waals surface area contributed by atoms with E-state index in [1.807, 2.05) is 24.3 Å². The number of rotatable bonds is 4. The predicted molar refractivity (Wildman–Crippen MR) is 71.6 cm³/mol. The Morgan fingerprint density at radius 3 is 2.41 bits per heavy atom. The van der Waals surface area contributed by atoms with Crippen LogP contribution < -0.4 is 10.5 Å². The molecule has 0 aromatic heterocycles. The third-order valence-electron chi connectivity index (χ3n) is 3.53. The molecule has 17 heavy (non-hydrogen) atoms. The number of halogens is 1. The molecule has 0 amide bonds. The fourth-order valence-corrected chi connectivity index (χ4v) is 2.53. The summed E-state index contributed by atoms with van der Waals surface area (Å²) in [5, 5.41) is 0.736. The van der Waals surface area contributed by atoms with E-state index in [2.05, 4.69) is 0 Å². The zero-order valence-electron chi connectivity index (χ0n) is 10.1. The van der Waals surface area contributed by atoms with Gasteiger partial charge in [-0.15, -0.1) is 0 Å². The Morgan fingerprint density at radius 2 is 1.76 bits per heavy atom. The second-order valence-electron chi connectivity index (χ2n) is 4.98. The molecule has 0 saturated heterocycles. The fourth-order valence-electron chi connectivity index (χ4n) is 2.41. The number of nitrogens with two attached hydrogens (primary N) is 1. The number of ether oxygens (including phenoxy) is 1. The lowest BCUT2D eigenvalue weighted by molar-refractivity contribution is 0.214. The second kappa shape index (κ2) is 5.74. The van der Waals surface area contributed by atoms with Gasteiger partial charge in [0.1, 0.15) is 5.75 Å². The first-order valence-corrected chi connectivity index (χ1v) is 6.73. The molecule has 2 N–H and O–H groups in total. The second-order valence-corrected chi connectivity index (χ2v) is 5.41. The summed E-state index contributed by atoms with van der Waals surface area (Å²) in [6.07, 6.45) is 7.06. The molecule has 2 rings (SSSR count). The molecule has 0 spiro atoms. The van der Waals surface area contributed by atoms with Gasteiger partial charge in [0.2, 0.25) is 0 Å². The number of hydrogen-bond acceptors (Lipinski definition) is 2. The van der Waals surface area contributed by atoms with Crippen molar-refractivity contribution in [3.8, 4) is 5.75 Å². The van der Waals surface area contributed by atoms with Crippen LogP contribution >= 0.6 is 11.6 Å². The van der Waals surface area contributed by atoms with Crippen LogP contribution in [0.5, 0.6) is 5.75 Å². The Hall–Kier alpha value is -0.730. The summed E-state index contributed by atoms with van der Waals surface area (Å²) in [5.41, 5.74) is 6.35. The molecular weight excluding hydrogens is 234 g/mol. The first-order chi connectivity index (χ1) is 8.18. The minimum absolute atomic E-state index is 0.00464. The molecule has 1 aromatic carbocycles. The molecule has 0 bridgehead atoms. The summed E-state index contributed by atoms with van der Waals surface area (Å²) in [4.78, 5) is 0. The van der Waals surface area contributed by atoms with Crippen molar-refractivity contribution in [1.29, 1.82) is 0 Å². The van der Waals surface area contributed by atoms with Crippen molar-refractivity contribution in [3.63, 3.8) is 0 Å². The van der Waals surface area contributed by atoms with E-state index in [4.69, 9.17) is 22.1 Å². The molecule has 0 aliphatic heterocycles. The SMILES string of the molecule is NC1(CCOc2ccc(Cl)cc2)CCCCC1. The molecule has 1 fully saturated rings. The number of hydrogen-bond donors (Lipinski definition) is 1. The van der Waals surface area contributed by atoms with Gasteiger partial charge in [0.25, 0.3) is 0 Å². The van der Waals surface area contributed by atoms with Gasteiger partial charge in [-0.3, -0.25) is 0 Å². The molecule has 2 nitrogen and oxygen atoms in total. The molecule has 1 saturated carbocycles.